The van der Waals surface area contributed by atoms with E-state index in [1.807, 2.05) is 24.8 Å². The molecular formula is C11H16N4S. The summed E-state index contributed by atoms with van der Waals surface area (Å²) in [5, 5.41) is 12.0. The third-order valence-corrected chi connectivity index (χ3v) is 2.74. The van der Waals surface area contributed by atoms with Gasteiger partial charge in [0.25, 0.3) is 0 Å². The second kappa shape index (κ2) is 6.33. The SMILES string of the molecule is CSCCC(C)Nc1nc(C)cc(C#N)n1. The molecule has 0 fully saturated rings. The largest absolute Gasteiger partial charge is 0.352 e. The number of anilines is 1. The molecule has 1 rings (SSSR count). The molecule has 1 N–H and O–H groups in total. The average molecular weight is 236 g/mol. The number of aromatic nitrogens is 2. The molecule has 86 valence electrons. The van der Waals surface area contributed by atoms with E-state index in [9.17, 15) is 0 Å². The Balaban J connectivity index is 2.66. The zero-order valence-corrected chi connectivity index (χ0v) is 10.6. The zero-order chi connectivity index (χ0) is 12.0. The third kappa shape index (κ3) is 4.07. The molecule has 0 aliphatic rings. The van der Waals surface area contributed by atoms with Crippen molar-refractivity contribution in [3.05, 3.63) is 17.5 Å². The standard InChI is InChI=1S/C11H16N4S/c1-8(4-5-16-3)13-11-14-9(2)6-10(7-12)15-11/h6,8H,4-5H2,1-3H3,(H,13,14,15). The fourth-order valence-corrected chi connectivity index (χ4v) is 1.87. The van der Waals surface area contributed by atoms with E-state index in [4.69, 9.17) is 5.26 Å². The van der Waals surface area contributed by atoms with Gasteiger partial charge in [-0.1, -0.05) is 0 Å². The summed E-state index contributed by atoms with van der Waals surface area (Å²) in [6.07, 6.45) is 3.14. The summed E-state index contributed by atoms with van der Waals surface area (Å²) in [5.41, 5.74) is 1.22. The quantitative estimate of drug-likeness (QED) is 0.849. The minimum absolute atomic E-state index is 0.320. The van der Waals surface area contributed by atoms with Crippen LogP contribution in [0.5, 0.6) is 0 Å². The van der Waals surface area contributed by atoms with Crippen LogP contribution in [0, 0.1) is 18.3 Å². The van der Waals surface area contributed by atoms with Crippen LogP contribution in [0.15, 0.2) is 6.07 Å². The van der Waals surface area contributed by atoms with Gasteiger partial charge in [-0.3, -0.25) is 0 Å². The molecular weight excluding hydrogens is 220 g/mol. The summed E-state index contributed by atoms with van der Waals surface area (Å²) in [6, 6.07) is 4.03. The third-order valence-electron chi connectivity index (χ3n) is 2.10. The molecule has 0 aromatic carbocycles. The molecule has 0 spiro atoms. The topological polar surface area (TPSA) is 61.6 Å². The number of nitriles is 1. The molecule has 5 heteroatoms. The van der Waals surface area contributed by atoms with E-state index in [1.54, 1.807) is 6.07 Å². The van der Waals surface area contributed by atoms with E-state index in [2.05, 4.69) is 28.5 Å². The van der Waals surface area contributed by atoms with Crippen LogP contribution in [0.25, 0.3) is 0 Å². The van der Waals surface area contributed by atoms with Crippen LogP contribution in [-0.2, 0) is 0 Å². The lowest BCUT2D eigenvalue weighted by Gasteiger charge is -2.13. The smallest absolute Gasteiger partial charge is 0.224 e. The molecule has 0 aliphatic heterocycles. The summed E-state index contributed by atoms with van der Waals surface area (Å²) in [5.74, 6) is 1.65. The normalized spacial score (nSPS) is 11.9. The highest BCUT2D eigenvalue weighted by molar-refractivity contribution is 7.98. The van der Waals surface area contributed by atoms with E-state index < -0.39 is 0 Å². The molecule has 0 aliphatic carbocycles. The molecule has 1 aromatic heterocycles. The first-order valence-electron chi connectivity index (χ1n) is 5.17. The molecule has 0 bridgehead atoms. The molecule has 0 saturated heterocycles. The lowest BCUT2D eigenvalue weighted by Crippen LogP contribution is -2.18. The Morgan fingerprint density at radius 3 is 2.94 bits per heavy atom. The number of nitrogens with one attached hydrogen (secondary N) is 1. The van der Waals surface area contributed by atoms with E-state index in [1.165, 1.54) is 0 Å². The Kier molecular flexibility index (Phi) is 5.06. The van der Waals surface area contributed by atoms with Gasteiger partial charge in [0.2, 0.25) is 5.95 Å². The van der Waals surface area contributed by atoms with Crippen molar-refractivity contribution < 1.29 is 0 Å². The van der Waals surface area contributed by atoms with Crippen molar-refractivity contribution in [2.45, 2.75) is 26.3 Å². The maximum atomic E-state index is 8.79. The Morgan fingerprint density at radius 1 is 1.56 bits per heavy atom. The molecule has 16 heavy (non-hydrogen) atoms. The van der Waals surface area contributed by atoms with Crippen LogP contribution in [0.4, 0.5) is 5.95 Å². The second-order valence-electron chi connectivity index (χ2n) is 3.66. The van der Waals surface area contributed by atoms with Gasteiger partial charge in [0.15, 0.2) is 0 Å². The maximum Gasteiger partial charge on any atom is 0.224 e. The van der Waals surface area contributed by atoms with Crippen molar-refractivity contribution in [2.75, 3.05) is 17.3 Å². The highest BCUT2D eigenvalue weighted by Crippen LogP contribution is 2.08. The number of aryl methyl sites for hydroxylation is 1. The highest BCUT2D eigenvalue weighted by atomic mass is 32.2. The molecule has 0 radical (unpaired) electrons. The lowest BCUT2D eigenvalue weighted by molar-refractivity contribution is 0.758. The highest BCUT2D eigenvalue weighted by Gasteiger charge is 2.05. The molecule has 0 amide bonds. The summed E-state index contributed by atoms with van der Waals surface area (Å²) in [7, 11) is 0. The van der Waals surface area contributed by atoms with Crippen molar-refractivity contribution in [3.8, 4) is 6.07 Å². The average Bonchev–Trinajstić information content (AvgIpc) is 2.25. The number of rotatable bonds is 5. The Hall–Kier alpha value is -1.28. The van der Waals surface area contributed by atoms with E-state index in [-0.39, 0.29) is 0 Å². The second-order valence-corrected chi connectivity index (χ2v) is 4.64. The predicted octanol–water partition coefficient (Wildman–Crippen LogP) is 2.21. The number of thioether (sulfide) groups is 1. The maximum absolute atomic E-state index is 8.79. The number of hydrogen-bond donors (Lipinski definition) is 1. The first kappa shape index (κ1) is 12.8. The molecule has 1 unspecified atom stereocenters. The number of hydrogen-bond acceptors (Lipinski definition) is 5. The summed E-state index contributed by atoms with van der Waals surface area (Å²) in [6.45, 7) is 3.95. The number of nitrogens with zero attached hydrogens (tertiary/aromatic N) is 3. The van der Waals surface area contributed by atoms with Gasteiger partial charge in [0.05, 0.1) is 0 Å². The van der Waals surface area contributed by atoms with E-state index >= 15 is 0 Å². The molecule has 1 atom stereocenters. The van der Waals surface area contributed by atoms with Crippen LogP contribution in [0.1, 0.15) is 24.7 Å². The van der Waals surface area contributed by atoms with Gasteiger partial charge < -0.3 is 5.32 Å². The van der Waals surface area contributed by atoms with Crippen molar-refractivity contribution in [1.29, 1.82) is 5.26 Å². The van der Waals surface area contributed by atoms with Crippen LogP contribution >= 0.6 is 11.8 Å². The van der Waals surface area contributed by atoms with Crippen LogP contribution in [0.3, 0.4) is 0 Å². The van der Waals surface area contributed by atoms with E-state index in [0.717, 1.165) is 17.9 Å². The zero-order valence-electron chi connectivity index (χ0n) is 9.82. The van der Waals surface area contributed by atoms with Crippen LogP contribution in [-0.4, -0.2) is 28.0 Å². The fourth-order valence-electron chi connectivity index (χ4n) is 1.28. The van der Waals surface area contributed by atoms with Crippen molar-refractivity contribution >= 4 is 17.7 Å². The van der Waals surface area contributed by atoms with Crippen molar-refractivity contribution in [3.63, 3.8) is 0 Å². The summed E-state index contributed by atoms with van der Waals surface area (Å²) in [4.78, 5) is 8.36. The van der Waals surface area contributed by atoms with Crippen molar-refractivity contribution in [2.24, 2.45) is 0 Å². The lowest BCUT2D eigenvalue weighted by atomic mass is 10.2. The predicted molar refractivity (Wildman–Crippen MR) is 67.6 cm³/mol. The Bertz CT molecular complexity index is 386. The van der Waals surface area contributed by atoms with Crippen molar-refractivity contribution in [1.82, 2.24) is 9.97 Å². The van der Waals surface area contributed by atoms with Gasteiger partial charge in [-0.15, -0.1) is 0 Å². The first-order valence-corrected chi connectivity index (χ1v) is 6.56. The van der Waals surface area contributed by atoms with Gasteiger partial charge in [0, 0.05) is 11.7 Å². The first-order chi connectivity index (χ1) is 7.65. The van der Waals surface area contributed by atoms with E-state index in [0.29, 0.717) is 17.7 Å². The monoisotopic (exact) mass is 236 g/mol. The summed E-state index contributed by atoms with van der Waals surface area (Å²) >= 11 is 1.82. The molecule has 1 aromatic rings. The van der Waals surface area contributed by atoms with Gasteiger partial charge >= 0.3 is 0 Å². The minimum atomic E-state index is 0.320. The Labute approximate surface area is 100 Å². The summed E-state index contributed by atoms with van der Waals surface area (Å²) < 4.78 is 0. The van der Waals surface area contributed by atoms with Crippen LogP contribution < -0.4 is 5.32 Å². The molecule has 1 heterocycles. The van der Waals surface area contributed by atoms with Crippen LogP contribution in [0.2, 0.25) is 0 Å². The van der Waals surface area contributed by atoms with Gasteiger partial charge in [-0.05, 0) is 38.3 Å². The fraction of sp³-hybridized carbons (Fsp3) is 0.545. The van der Waals surface area contributed by atoms with Gasteiger partial charge in [0.1, 0.15) is 11.8 Å². The van der Waals surface area contributed by atoms with Gasteiger partial charge in [-0.25, -0.2) is 9.97 Å². The van der Waals surface area contributed by atoms with Gasteiger partial charge in [-0.2, -0.15) is 17.0 Å². The molecule has 4 nitrogen and oxygen atoms in total. The molecule has 0 saturated carbocycles. The minimum Gasteiger partial charge on any atom is -0.352 e. The Morgan fingerprint density at radius 2 is 2.31 bits per heavy atom.